The number of allylic oxidation sites excluding steroid dienone is 2. The van der Waals surface area contributed by atoms with Gasteiger partial charge >= 0.3 is 0 Å². The van der Waals surface area contributed by atoms with Crippen molar-refractivity contribution in [1.29, 1.82) is 0 Å². The van der Waals surface area contributed by atoms with Crippen molar-refractivity contribution in [2.75, 3.05) is 0 Å². The molecule has 0 bridgehead atoms. The van der Waals surface area contributed by atoms with Crippen LogP contribution in [0.4, 0.5) is 0 Å². The molecule has 2 atom stereocenters. The van der Waals surface area contributed by atoms with E-state index in [4.69, 9.17) is 0 Å². The number of Topliss-reactive ketones (excluding diaryl/α,β-unsaturated/α-hetero) is 1. The van der Waals surface area contributed by atoms with Gasteiger partial charge in [0.1, 0.15) is 5.78 Å². The Balaban J connectivity index is 2.39. The van der Waals surface area contributed by atoms with Gasteiger partial charge < -0.3 is 0 Å². The summed E-state index contributed by atoms with van der Waals surface area (Å²) in [5.74, 6) is 1.84. The van der Waals surface area contributed by atoms with Crippen LogP contribution in [-0.2, 0) is 4.79 Å². The average molecular weight is 262 g/mol. The van der Waals surface area contributed by atoms with E-state index < -0.39 is 0 Å². The molecule has 0 radical (unpaired) electrons. The van der Waals surface area contributed by atoms with Crippen molar-refractivity contribution >= 4 is 5.78 Å². The van der Waals surface area contributed by atoms with Crippen LogP contribution in [0.2, 0.25) is 0 Å². The molecule has 1 saturated carbocycles. The first-order valence-electron chi connectivity index (χ1n) is 7.75. The van der Waals surface area contributed by atoms with Crippen molar-refractivity contribution in [2.24, 2.45) is 28.1 Å². The summed E-state index contributed by atoms with van der Waals surface area (Å²) in [6, 6.07) is 0. The number of hydrogen-bond acceptors (Lipinski definition) is 1. The molecule has 1 heteroatoms. The molecule has 2 aliphatic rings. The zero-order valence-corrected chi connectivity index (χ0v) is 13.8. The fourth-order valence-electron chi connectivity index (χ4n) is 4.43. The number of rotatable bonds is 1. The zero-order chi connectivity index (χ0) is 14.6. The van der Waals surface area contributed by atoms with Crippen molar-refractivity contribution in [3.05, 3.63) is 11.6 Å². The topological polar surface area (TPSA) is 17.1 Å². The molecule has 0 aromatic heterocycles. The average Bonchev–Trinajstić information content (AvgIpc) is 2.50. The van der Waals surface area contributed by atoms with Crippen molar-refractivity contribution in [3.8, 4) is 0 Å². The molecule has 1 nitrogen and oxygen atoms in total. The maximum atomic E-state index is 12.5. The molecule has 1 unspecified atom stereocenters. The Morgan fingerprint density at radius 1 is 1.05 bits per heavy atom. The molecular formula is C18H30O. The second-order valence-electron chi connectivity index (χ2n) is 8.68. The predicted molar refractivity (Wildman–Crippen MR) is 80.9 cm³/mol. The minimum absolute atomic E-state index is 0.199. The van der Waals surface area contributed by atoms with Gasteiger partial charge in [0.15, 0.2) is 0 Å². The maximum Gasteiger partial charge on any atom is 0.148 e. The van der Waals surface area contributed by atoms with E-state index in [2.05, 4.69) is 54.5 Å². The fraction of sp³-hybridized carbons (Fsp3) is 0.833. The van der Waals surface area contributed by atoms with Gasteiger partial charge in [-0.25, -0.2) is 0 Å². The Hall–Kier alpha value is -0.590. The van der Waals surface area contributed by atoms with Crippen LogP contribution in [0.15, 0.2) is 11.6 Å². The highest BCUT2D eigenvalue weighted by Gasteiger charge is 2.48. The smallest absolute Gasteiger partial charge is 0.148 e. The molecule has 0 aliphatic heterocycles. The molecule has 108 valence electrons. The molecule has 2 aliphatic carbocycles. The molecule has 0 aromatic carbocycles. The van der Waals surface area contributed by atoms with Gasteiger partial charge in [-0.05, 0) is 50.4 Å². The number of carbonyl (C=O) groups is 1. The molecule has 0 N–H and O–H groups in total. The molecule has 0 heterocycles. The van der Waals surface area contributed by atoms with Crippen molar-refractivity contribution in [2.45, 2.75) is 67.7 Å². The van der Waals surface area contributed by atoms with E-state index in [1.807, 2.05) is 0 Å². The Labute approximate surface area is 118 Å². The lowest BCUT2D eigenvalue weighted by molar-refractivity contribution is -0.134. The lowest BCUT2D eigenvalue weighted by Gasteiger charge is -2.42. The largest absolute Gasteiger partial charge is 0.298 e. The van der Waals surface area contributed by atoms with Crippen LogP contribution in [-0.4, -0.2) is 5.78 Å². The molecule has 0 saturated heterocycles. The van der Waals surface area contributed by atoms with Gasteiger partial charge in [-0.1, -0.05) is 46.3 Å². The van der Waals surface area contributed by atoms with E-state index in [1.54, 1.807) is 5.57 Å². The Bertz CT molecular complexity index is 423. The summed E-state index contributed by atoms with van der Waals surface area (Å²) in [5, 5.41) is 0. The second-order valence-corrected chi connectivity index (χ2v) is 8.68. The molecular weight excluding hydrogens is 232 g/mol. The van der Waals surface area contributed by atoms with Crippen molar-refractivity contribution in [1.82, 2.24) is 0 Å². The van der Waals surface area contributed by atoms with Crippen LogP contribution >= 0.6 is 0 Å². The highest BCUT2D eigenvalue weighted by Crippen LogP contribution is 2.54. The first-order valence-corrected chi connectivity index (χ1v) is 7.75. The second kappa shape index (κ2) is 4.20. The molecule has 2 rings (SSSR count). The number of ketones is 1. The number of carbonyl (C=O) groups excluding carboxylic acids is 1. The maximum absolute atomic E-state index is 12.5. The highest BCUT2D eigenvalue weighted by molar-refractivity contribution is 5.92. The summed E-state index contributed by atoms with van der Waals surface area (Å²) in [6.45, 7) is 15.6. The molecule has 0 aromatic rings. The SMILES string of the molecule is CC1CC[C@@H](C2=CC(C)(C)C(=O)C(C)(C)C2)C1(C)C. The Kier molecular flexibility index (Phi) is 3.27. The third kappa shape index (κ3) is 2.30. The summed E-state index contributed by atoms with van der Waals surface area (Å²) in [5.41, 5.74) is 1.43. The van der Waals surface area contributed by atoms with Crippen LogP contribution in [0.25, 0.3) is 0 Å². The minimum atomic E-state index is -0.293. The molecule has 0 amide bonds. The van der Waals surface area contributed by atoms with E-state index >= 15 is 0 Å². The van der Waals surface area contributed by atoms with Gasteiger partial charge in [-0.3, -0.25) is 4.79 Å². The normalized spacial score (nSPS) is 36.2. The first-order chi connectivity index (χ1) is 8.48. The zero-order valence-electron chi connectivity index (χ0n) is 13.8. The standard InChI is InChI=1S/C18H30O/c1-12-8-9-14(18(12,6)7)13-10-16(2,3)15(19)17(4,5)11-13/h10,12,14H,8-9,11H2,1-7H3/t12?,14-/m0/s1. The predicted octanol–water partition coefficient (Wildman–Crippen LogP) is 5.01. The Morgan fingerprint density at radius 3 is 2.05 bits per heavy atom. The summed E-state index contributed by atoms with van der Waals surface area (Å²) in [7, 11) is 0. The van der Waals surface area contributed by atoms with E-state index in [-0.39, 0.29) is 10.8 Å². The first kappa shape index (κ1) is 14.8. The third-order valence-corrected chi connectivity index (χ3v) is 5.90. The lowest BCUT2D eigenvalue weighted by Crippen LogP contribution is -2.41. The van der Waals surface area contributed by atoms with Gasteiger partial charge in [0.05, 0.1) is 0 Å². The number of hydrogen-bond donors (Lipinski definition) is 0. The molecule has 0 spiro atoms. The van der Waals surface area contributed by atoms with E-state index in [0.717, 1.165) is 12.3 Å². The van der Waals surface area contributed by atoms with E-state index in [0.29, 0.717) is 17.1 Å². The lowest BCUT2D eigenvalue weighted by atomic mass is 9.61. The minimum Gasteiger partial charge on any atom is -0.298 e. The molecule has 19 heavy (non-hydrogen) atoms. The fourth-order valence-corrected chi connectivity index (χ4v) is 4.43. The van der Waals surface area contributed by atoms with Crippen LogP contribution in [0.3, 0.4) is 0 Å². The van der Waals surface area contributed by atoms with Gasteiger partial charge in [0.2, 0.25) is 0 Å². The van der Waals surface area contributed by atoms with Crippen molar-refractivity contribution in [3.63, 3.8) is 0 Å². The van der Waals surface area contributed by atoms with Crippen LogP contribution in [0, 0.1) is 28.1 Å². The quantitative estimate of drug-likeness (QED) is 0.607. The van der Waals surface area contributed by atoms with Gasteiger partial charge in [0, 0.05) is 10.8 Å². The van der Waals surface area contributed by atoms with Gasteiger partial charge in [-0.2, -0.15) is 0 Å². The monoisotopic (exact) mass is 262 g/mol. The summed E-state index contributed by atoms with van der Waals surface area (Å²) >= 11 is 0. The summed E-state index contributed by atoms with van der Waals surface area (Å²) < 4.78 is 0. The van der Waals surface area contributed by atoms with Gasteiger partial charge in [-0.15, -0.1) is 0 Å². The van der Waals surface area contributed by atoms with Crippen LogP contribution < -0.4 is 0 Å². The van der Waals surface area contributed by atoms with Gasteiger partial charge in [0.25, 0.3) is 0 Å². The molecule has 1 fully saturated rings. The highest BCUT2D eigenvalue weighted by atomic mass is 16.1. The Morgan fingerprint density at radius 2 is 1.63 bits per heavy atom. The van der Waals surface area contributed by atoms with Crippen molar-refractivity contribution < 1.29 is 4.79 Å². The van der Waals surface area contributed by atoms with E-state index in [1.165, 1.54) is 12.8 Å². The van der Waals surface area contributed by atoms with Crippen LogP contribution in [0.1, 0.15) is 67.7 Å². The summed E-state index contributed by atoms with van der Waals surface area (Å²) in [4.78, 5) is 12.5. The summed E-state index contributed by atoms with van der Waals surface area (Å²) in [6.07, 6.45) is 5.87. The third-order valence-electron chi connectivity index (χ3n) is 5.90. The van der Waals surface area contributed by atoms with Crippen LogP contribution in [0.5, 0.6) is 0 Å². The van der Waals surface area contributed by atoms with E-state index in [9.17, 15) is 4.79 Å².